The van der Waals surface area contributed by atoms with E-state index in [2.05, 4.69) is 83.1 Å². The van der Waals surface area contributed by atoms with Crippen LogP contribution in [0.2, 0.25) is 0 Å². The summed E-state index contributed by atoms with van der Waals surface area (Å²) in [5.74, 6) is 7.51. The van der Waals surface area contributed by atoms with Gasteiger partial charge in [-0.3, -0.25) is 0 Å². The zero-order valence-electron chi connectivity index (χ0n) is 31.4. The summed E-state index contributed by atoms with van der Waals surface area (Å²) in [6.45, 7) is 26.4. The van der Waals surface area contributed by atoms with Gasteiger partial charge in [-0.05, 0) is 96.0 Å². The number of hydrogen-bond donors (Lipinski definition) is 0. The smallest absolute Gasteiger partial charge is 0.854 e. The first kappa shape index (κ1) is 58.3. The minimum atomic E-state index is -3.63. The van der Waals surface area contributed by atoms with Gasteiger partial charge in [0.2, 0.25) is 0 Å². The molecule has 0 aliphatic carbocycles. The third-order valence-corrected chi connectivity index (χ3v) is 23.0. The molecule has 0 bridgehead atoms. The Morgan fingerprint density at radius 1 is 0.400 bits per heavy atom. The summed E-state index contributed by atoms with van der Waals surface area (Å²) in [7, 11) is -1.25. The summed E-state index contributed by atoms with van der Waals surface area (Å²) in [4.78, 5) is 47.9. The second-order valence-corrected chi connectivity index (χ2v) is 29.1. The molecule has 13 heteroatoms. The van der Waals surface area contributed by atoms with Crippen LogP contribution in [0, 0.1) is 47.3 Å². The molecule has 0 saturated heterocycles. The van der Waals surface area contributed by atoms with Gasteiger partial charge in [0.05, 0.1) is 0 Å². The third kappa shape index (κ3) is 32.4. The fourth-order valence-electron chi connectivity index (χ4n) is 5.50. The Kier molecular flexibility index (Phi) is 40.8. The second kappa shape index (κ2) is 31.5. The zero-order valence-corrected chi connectivity index (χ0v) is 45.3. The Hall–Kier alpha value is 3.97. The molecule has 0 N–H and O–H groups in total. The van der Waals surface area contributed by atoms with Crippen molar-refractivity contribution in [2.45, 2.75) is 134 Å². The molecule has 0 fully saturated rings. The molecular formula is C32H68O4P2S4Zn3. The molecular weight excluding hydrogens is 835 g/mol. The van der Waals surface area contributed by atoms with Crippen molar-refractivity contribution in [3.05, 3.63) is 0 Å². The molecule has 0 heterocycles. The summed E-state index contributed by atoms with van der Waals surface area (Å²) in [5.41, 5.74) is -7.25. The summed E-state index contributed by atoms with van der Waals surface area (Å²) in [5, 5.41) is 0. The molecule has 8 atom stereocenters. The molecule has 0 aromatic rings. The molecule has 0 spiro atoms. The van der Waals surface area contributed by atoms with Crippen LogP contribution in [0.4, 0.5) is 0 Å². The molecule has 0 saturated carbocycles. The van der Waals surface area contributed by atoms with Gasteiger partial charge in [0, 0.05) is 0 Å². The van der Waals surface area contributed by atoms with Gasteiger partial charge in [-0.1, -0.05) is 109 Å². The molecule has 4 nitrogen and oxygen atoms in total. The fraction of sp³-hybridized carbons (Fsp3) is 1.00. The Labute approximate surface area is 335 Å². The van der Waals surface area contributed by atoms with Gasteiger partial charge in [-0.15, -0.1) is 0 Å². The standard InChI is InChI=1S/2C16H34O2PS2.3Zn/c2*1-7-13(3)9-15(5)11-21(19(17,18)20)12-16(6)10-14(4)8-2;;;/h2*13-16H,7-12H2,1-6H3;;;/q2*-3;3*+2. The van der Waals surface area contributed by atoms with Gasteiger partial charge in [0.25, 0.3) is 0 Å². The molecule has 0 aliphatic rings. The van der Waals surface area contributed by atoms with Crippen LogP contribution in [0.15, 0.2) is 0 Å². The molecule has 0 radical (unpaired) electrons. The molecule has 8 unspecified atom stereocenters. The monoisotopic (exact) mass is 898 g/mol. The van der Waals surface area contributed by atoms with Crippen LogP contribution in [-0.2, 0) is 103 Å². The second-order valence-electron chi connectivity index (χ2n) is 13.9. The van der Waals surface area contributed by atoms with Crippen LogP contribution in [0.5, 0.6) is 0 Å². The van der Waals surface area contributed by atoms with E-state index in [4.69, 9.17) is 24.5 Å². The molecule has 45 heavy (non-hydrogen) atoms. The van der Waals surface area contributed by atoms with Gasteiger partial charge in [-0.2, -0.15) is 0 Å². The first-order chi connectivity index (χ1) is 19.2. The van der Waals surface area contributed by atoms with Gasteiger partial charge in [0.15, 0.2) is 0 Å². The van der Waals surface area contributed by atoms with Crippen LogP contribution >= 0.6 is 11.4 Å². The molecule has 0 aromatic heterocycles. The Morgan fingerprint density at radius 2 is 0.556 bits per heavy atom. The van der Waals surface area contributed by atoms with Crippen molar-refractivity contribution >= 4 is 56.0 Å². The van der Waals surface area contributed by atoms with E-state index < -0.39 is 31.5 Å². The van der Waals surface area contributed by atoms with Gasteiger partial charge >= 0.3 is 58.4 Å². The summed E-state index contributed by atoms with van der Waals surface area (Å²) in [6, 6.07) is 0. The minimum Gasteiger partial charge on any atom is -0.854 e. The zero-order chi connectivity index (χ0) is 33.3. The predicted octanol–water partition coefficient (Wildman–Crippen LogP) is 7.38. The predicted molar refractivity (Wildman–Crippen MR) is 196 cm³/mol. The van der Waals surface area contributed by atoms with E-state index in [0.29, 0.717) is 47.3 Å². The average Bonchev–Trinajstić information content (AvgIpc) is 2.86. The normalized spacial score (nSPS) is 18.5. The molecule has 0 aromatic carbocycles. The van der Waals surface area contributed by atoms with Crippen molar-refractivity contribution in [2.75, 3.05) is 23.0 Å². The van der Waals surface area contributed by atoms with E-state index in [1.54, 1.807) is 0 Å². The summed E-state index contributed by atoms with van der Waals surface area (Å²) >= 11 is 9.68. The first-order valence-corrected chi connectivity index (χ1v) is 26.2. The van der Waals surface area contributed by atoms with E-state index in [1.165, 1.54) is 0 Å². The van der Waals surface area contributed by atoms with E-state index in [-0.39, 0.29) is 58.4 Å². The molecule has 0 amide bonds. The molecule has 0 rings (SSSR count). The van der Waals surface area contributed by atoms with Crippen molar-refractivity contribution in [3.63, 3.8) is 0 Å². The maximum absolute atomic E-state index is 12.0. The van der Waals surface area contributed by atoms with Crippen LogP contribution in [0.25, 0.3) is 0 Å². The van der Waals surface area contributed by atoms with Crippen molar-refractivity contribution in [2.24, 2.45) is 47.3 Å². The van der Waals surface area contributed by atoms with Crippen LogP contribution in [-0.4, -0.2) is 23.0 Å². The Bertz CT molecular complexity index is 704. The van der Waals surface area contributed by atoms with E-state index in [1.807, 2.05) is 0 Å². The Morgan fingerprint density at radius 3 is 0.667 bits per heavy atom. The van der Waals surface area contributed by atoms with Crippen molar-refractivity contribution in [1.82, 2.24) is 0 Å². The molecule has 260 valence electrons. The van der Waals surface area contributed by atoms with Crippen LogP contribution in [0.3, 0.4) is 0 Å². The van der Waals surface area contributed by atoms with Crippen LogP contribution in [0.1, 0.15) is 134 Å². The van der Waals surface area contributed by atoms with E-state index >= 15 is 0 Å². The Balaban J connectivity index is -0.000000222. The topological polar surface area (TPSA) is 92.2 Å². The van der Waals surface area contributed by atoms with E-state index in [9.17, 15) is 19.6 Å². The summed E-state index contributed by atoms with van der Waals surface area (Å²) < 4.78 is 0. The number of rotatable bonds is 20. The van der Waals surface area contributed by atoms with Crippen molar-refractivity contribution < 1.29 is 78.0 Å². The maximum atomic E-state index is 12.0. The van der Waals surface area contributed by atoms with Crippen molar-refractivity contribution in [1.29, 1.82) is 0 Å². The third-order valence-electron chi connectivity index (χ3n) is 8.55. The largest absolute Gasteiger partial charge is 2.00 e. The fourth-order valence-corrected chi connectivity index (χ4v) is 17.1. The molecule has 0 aliphatic heterocycles. The van der Waals surface area contributed by atoms with Gasteiger partial charge < -0.3 is 55.5 Å². The van der Waals surface area contributed by atoms with Gasteiger partial charge in [0.1, 0.15) is 0 Å². The quantitative estimate of drug-likeness (QED) is 0.0720. The number of hydrogen-bond acceptors (Lipinski definition) is 6. The van der Waals surface area contributed by atoms with Crippen LogP contribution < -0.4 is 19.6 Å². The SMILES string of the molecule is CCC(C)CC(C)CS(CC(C)CC(C)CC)=P([O-])([O-])[S-].CCC(C)CC(C)CS(CC(C)CC(C)CC)=P([O-])([O-])[S-].[Zn+2].[Zn+2].[Zn+2]. The van der Waals surface area contributed by atoms with Gasteiger partial charge in [-0.25, -0.2) is 20.1 Å². The minimum absolute atomic E-state index is 0. The summed E-state index contributed by atoms with van der Waals surface area (Å²) in [6.07, 6.45) is 9.06. The van der Waals surface area contributed by atoms with Crippen molar-refractivity contribution in [3.8, 4) is 0 Å². The first-order valence-electron chi connectivity index (χ1n) is 16.6. The average molecular weight is 903 g/mol. The maximum Gasteiger partial charge on any atom is 2.00 e. The van der Waals surface area contributed by atoms with E-state index in [0.717, 1.165) is 74.4 Å².